The second-order valence-corrected chi connectivity index (χ2v) is 3.78. The van der Waals surface area contributed by atoms with Gasteiger partial charge < -0.3 is 35.7 Å². The number of aliphatic hydroxyl groups excluding tert-OH is 6. The molecule has 18 heavy (non-hydrogen) atoms. The second kappa shape index (κ2) is 8.32. The van der Waals surface area contributed by atoms with Crippen LogP contribution in [0.1, 0.15) is 0 Å². The van der Waals surface area contributed by atoms with E-state index in [1.54, 1.807) is 0 Å². The molecule has 9 heteroatoms. The van der Waals surface area contributed by atoms with Gasteiger partial charge in [-0.15, -0.1) is 0 Å². The predicted molar refractivity (Wildman–Crippen MR) is 57.6 cm³/mol. The third-order valence-corrected chi connectivity index (χ3v) is 2.38. The maximum Gasteiger partial charge on any atom is 0.323 e. The van der Waals surface area contributed by atoms with Gasteiger partial charge in [-0.2, -0.15) is 0 Å². The van der Waals surface area contributed by atoms with E-state index in [-0.39, 0.29) is 0 Å². The number of hydrogen-bond acceptors (Lipinski definition) is 8. The van der Waals surface area contributed by atoms with Gasteiger partial charge in [-0.1, -0.05) is 0 Å². The Hall–Kier alpha value is -0.810. The molecule has 108 valence electrons. The summed E-state index contributed by atoms with van der Waals surface area (Å²) >= 11 is 0. The van der Waals surface area contributed by atoms with E-state index in [1.807, 2.05) is 0 Å². The van der Waals surface area contributed by atoms with Crippen molar-refractivity contribution in [2.24, 2.45) is 0 Å². The van der Waals surface area contributed by atoms with Gasteiger partial charge in [0.25, 0.3) is 0 Å². The van der Waals surface area contributed by atoms with Gasteiger partial charge in [-0.25, -0.2) is 0 Å². The van der Waals surface area contributed by atoms with E-state index in [0.29, 0.717) is 0 Å². The van der Waals surface area contributed by atoms with Crippen molar-refractivity contribution < 1.29 is 40.5 Å². The molecule has 0 aliphatic heterocycles. The van der Waals surface area contributed by atoms with Crippen LogP contribution in [0.15, 0.2) is 0 Å². The lowest BCUT2D eigenvalue weighted by molar-refractivity contribution is -0.141. The number of nitrogens with one attached hydrogen (secondary N) is 1. The van der Waals surface area contributed by atoms with Crippen LogP contribution >= 0.6 is 0 Å². The molecule has 0 spiro atoms. The summed E-state index contributed by atoms with van der Waals surface area (Å²) in [6.45, 7) is -1.93. The Morgan fingerprint density at radius 1 is 0.944 bits per heavy atom. The zero-order chi connectivity index (χ0) is 14.3. The molecule has 5 unspecified atom stereocenters. The molecule has 0 aromatic carbocycles. The fourth-order valence-corrected chi connectivity index (χ4v) is 1.18. The first-order valence-electron chi connectivity index (χ1n) is 5.25. The normalized spacial score (nSPS) is 19.9. The third-order valence-electron chi connectivity index (χ3n) is 2.38. The molecule has 9 nitrogen and oxygen atoms in total. The summed E-state index contributed by atoms with van der Waals surface area (Å²) in [5, 5.41) is 65.1. The quantitative estimate of drug-likeness (QED) is 0.205. The van der Waals surface area contributed by atoms with Crippen LogP contribution in [0, 0.1) is 0 Å². The monoisotopic (exact) mass is 269 g/mol. The highest BCUT2D eigenvalue weighted by atomic mass is 16.4. The second-order valence-electron chi connectivity index (χ2n) is 3.78. The predicted octanol–water partition coefficient (Wildman–Crippen LogP) is -4.54. The first kappa shape index (κ1) is 17.2. The van der Waals surface area contributed by atoms with Gasteiger partial charge in [0.05, 0.1) is 19.3 Å². The van der Waals surface area contributed by atoms with Gasteiger partial charge in [0.2, 0.25) is 0 Å². The van der Waals surface area contributed by atoms with Crippen molar-refractivity contribution in [3.8, 4) is 0 Å². The molecule has 0 saturated carbocycles. The molecule has 0 bridgehead atoms. The fourth-order valence-electron chi connectivity index (χ4n) is 1.18. The lowest BCUT2D eigenvalue weighted by Gasteiger charge is -2.26. The summed E-state index contributed by atoms with van der Waals surface area (Å²) in [5.74, 6) is -1.34. The molecule has 0 heterocycles. The molecule has 0 aliphatic rings. The molecule has 0 fully saturated rings. The third kappa shape index (κ3) is 5.23. The molecule has 0 aromatic heterocycles. The first-order valence-corrected chi connectivity index (χ1v) is 5.25. The number of aliphatic hydroxyl groups is 6. The maximum atomic E-state index is 10.5. The van der Waals surface area contributed by atoms with E-state index in [2.05, 4.69) is 5.32 Å². The highest BCUT2D eigenvalue weighted by Crippen LogP contribution is 2.04. The summed E-state index contributed by atoms with van der Waals surface area (Å²) in [4.78, 5) is 10.5. The van der Waals surface area contributed by atoms with Crippen LogP contribution in [0.25, 0.3) is 0 Å². The Balaban J connectivity index is 4.23. The van der Waals surface area contributed by atoms with Crippen molar-refractivity contribution in [2.45, 2.75) is 30.5 Å². The molecule has 0 radical (unpaired) electrons. The minimum Gasteiger partial charge on any atom is -0.480 e. The van der Waals surface area contributed by atoms with Crippen LogP contribution in [0.2, 0.25) is 0 Å². The lowest BCUT2D eigenvalue weighted by atomic mass is 10.0. The molecule has 5 atom stereocenters. The highest BCUT2D eigenvalue weighted by Gasteiger charge is 2.30. The van der Waals surface area contributed by atoms with Crippen molar-refractivity contribution in [2.75, 3.05) is 19.8 Å². The summed E-state index contributed by atoms with van der Waals surface area (Å²) in [5.41, 5.74) is 0. The summed E-state index contributed by atoms with van der Waals surface area (Å²) in [6, 6.07) is -1.31. The molecule has 0 saturated heterocycles. The van der Waals surface area contributed by atoms with Crippen LogP contribution in [0.5, 0.6) is 0 Å². The van der Waals surface area contributed by atoms with E-state index < -0.39 is 56.2 Å². The van der Waals surface area contributed by atoms with E-state index in [9.17, 15) is 20.1 Å². The molecule has 0 aromatic rings. The Labute approximate surface area is 103 Å². The summed E-state index contributed by atoms with van der Waals surface area (Å²) < 4.78 is 0. The van der Waals surface area contributed by atoms with Gasteiger partial charge in [-0.3, -0.25) is 10.1 Å². The number of carbonyl (C=O) groups is 1. The summed E-state index contributed by atoms with van der Waals surface area (Å²) in [7, 11) is 0. The zero-order valence-electron chi connectivity index (χ0n) is 9.55. The Bertz CT molecular complexity index is 251. The van der Waals surface area contributed by atoms with Crippen molar-refractivity contribution in [3.63, 3.8) is 0 Å². The number of aliphatic carboxylic acids is 1. The van der Waals surface area contributed by atoms with Crippen LogP contribution in [0.4, 0.5) is 0 Å². The van der Waals surface area contributed by atoms with E-state index >= 15 is 0 Å². The minimum absolute atomic E-state index is 0.423. The lowest BCUT2D eigenvalue weighted by Crippen LogP contribution is -2.51. The standard InChI is InChI=1S/C9H19NO8/c11-2-4(9(17)18)10-1-5(13)7(15)8(16)6(14)3-12/h4-8,10-16H,1-3H2,(H,17,18). The van der Waals surface area contributed by atoms with Crippen molar-refractivity contribution in [1.82, 2.24) is 5.32 Å². The summed E-state index contributed by atoms with van der Waals surface area (Å²) in [6.07, 6.45) is -6.74. The van der Waals surface area contributed by atoms with Crippen molar-refractivity contribution in [3.05, 3.63) is 0 Å². The average Bonchev–Trinajstić information content (AvgIpc) is 2.35. The number of carboxylic acid groups (broad SMARTS) is 1. The first-order chi connectivity index (χ1) is 8.34. The highest BCUT2D eigenvalue weighted by molar-refractivity contribution is 5.73. The zero-order valence-corrected chi connectivity index (χ0v) is 9.55. The van der Waals surface area contributed by atoms with E-state index in [0.717, 1.165) is 0 Å². The van der Waals surface area contributed by atoms with Crippen molar-refractivity contribution >= 4 is 5.97 Å². The van der Waals surface area contributed by atoms with Crippen LogP contribution in [-0.2, 0) is 4.79 Å². The number of rotatable bonds is 9. The van der Waals surface area contributed by atoms with Gasteiger partial charge in [0.1, 0.15) is 24.4 Å². The van der Waals surface area contributed by atoms with Crippen LogP contribution < -0.4 is 5.32 Å². The molecule has 8 N–H and O–H groups in total. The molecular weight excluding hydrogens is 250 g/mol. The topological polar surface area (TPSA) is 171 Å². The molecule has 0 rings (SSSR count). The fraction of sp³-hybridized carbons (Fsp3) is 0.889. The van der Waals surface area contributed by atoms with Gasteiger partial charge in [-0.05, 0) is 0 Å². The largest absolute Gasteiger partial charge is 0.480 e. The van der Waals surface area contributed by atoms with Gasteiger partial charge in [0.15, 0.2) is 0 Å². The molecule has 0 amide bonds. The van der Waals surface area contributed by atoms with E-state index in [4.69, 9.17) is 20.4 Å². The molecule has 0 aliphatic carbocycles. The van der Waals surface area contributed by atoms with Crippen LogP contribution in [-0.4, -0.2) is 91.9 Å². The Morgan fingerprint density at radius 2 is 1.44 bits per heavy atom. The van der Waals surface area contributed by atoms with Gasteiger partial charge in [0, 0.05) is 6.54 Å². The molecular formula is C9H19NO8. The minimum atomic E-state index is -1.77. The van der Waals surface area contributed by atoms with Crippen molar-refractivity contribution in [1.29, 1.82) is 0 Å². The van der Waals surface area contributed by atoms with Crippen LogP contribution in [0.3, 0.4) is 0 Å². The SMILES string of the molecule is O=C(O)C(CO)NCC(O)C(O)C(O)C(O)CO. The Morgan fingerprint density at radius 3 is 1.83 bits per heavy atom. The van der Waals surface area contributed by atoms with E-state index in [1.165, 1.54) is 0 Å². The number of carboxylic acids is 1. The number of hydrogen-bond donors (Lipinski definition) is 8. The average molecular weight is 269 g/mol. The maximum absolute atomic E-state index is 10.5. The Kier molecular flexibility index (Phi) is 7.95. The smallest absolute Gasteiger partial charge is 0.323 e. The van der Waals surface area contributed by atoms with Gasteiger partial charge >= 0.3 is 5.97 Å².